The van der Waals surface area contributed by atoms with E-state index in [9.17, 15) is 4.79 Å². The SMILES string of the molecule is CCc1nnnn1C(C)C(C)C(=O)O. The first-order chi connectivity index (χ1) is 6.57. The first-order valence-corrected chi connectivity index (χ1v) is 4.57. The van der Waals surface area contributed by atoms with Crippen molar-refractivity contribution in [1.82, 2.24) is 20.2 Å². The molecule has 6 heteroatoms. The minimum absolute atomic E-state index is 0.225. The normalized spacial score (nSPS) is 15.1. The Bertz CT molecular complexity index is 323. The monoisotopic (exact) mass is 198 g/mol. The summed E-state index contributed by atoms with van der Waals surface area (Å²) in [5.41, 5.74) is 0. The molecule has 1 heterocycles. The maximum absolute atomic E-state index is 10.8. The van der Waals surface area contributed by atoms with Gasteiger partial charge in [-0.3, -0.25) is 4.79 Å². The van der Waals surface area contributed by atoms with Crippen molar-refractivity contribution in [3.05, 3.63) is 5.82 Å². The molecule has 0 bridgehead atoms. The van der Waals surface area contributed by atoms with Crippen LogP contribution in [0.1, 0.15) is 32.6 Å². The quantitative estimate of drug-likeness (QED) is 0.762. The summed E-state index contributed by atoms with van der Waals surface area (Å²) in [6.07, 6.45) is 0.698. The highest BCUT2D eigenvalue weighted by Crippen LogP contribution is 2.17. The molecule has 2 atom stereocenters. The highest BCUT2D eigenvalue weighted by molar-refractivity contribution is 5.70. The Balaban J connectivity index is 2.88. The molecule has 0 fully saturated rings. The van der Waals surface area contributed by atoms with Crippen LogP contribution in [-0.4, -0.2) is 31.3 Å². The van der Waals surface area contributed by atoms with E-state index >= 15 is 0 Å². The first-order valence-electron chi connectivity index (χ1n) is 4.57. The molecule has 0 aliphatic heterocycles. The van der Waals surface area contributed by atoms with Gasteiger partial charge in [-0.2, -0.15) is 0 Å². The highest BCUT2D eigenvalue weighted by atomic mass is 16.4. The molecule has 1 N–H and O–H groups in total. The lowest BCUT2D eigenvalue weighted by molar-refractivity contribution is -0.142. The number of carbonyl (C=O) groups is 1. The van der Waals surface area contributed by atoms with Gasteiger partial charge in [-0.25, -0.2) is 4.68 Å². The number of aliphatic carboxylic acids is 1. The minimum atomic E-state index is -0.838. The van der Waals surface area contributed by atoms with Crippen LogP contribution < -0.4 is 0 Å². The molecule has 1 rings (SSSR count). The molecule has 2 unspecified atom stereocenters. The number of hydrogen-bond donors (Lipinski definition) is 1. The van der Waals surface area contributed by atoms with Crippen molar-refractivity contribution in [1.29, 1.82) is 0 Å². The molecule has 0 amide bonds. The number of tetrazole rings is 1. The second kappa shape index (κ2) is 4.17. The molecule has 1 aromatic heterocycles. The number of aromatic nitrogens is 4. The maximum Gasteiger partial charge on any atom is 0.308 e. The summed E-state index contributed by atoms with van der Waals surface area (Å²) in [6.45, 7) is 5.38. The number of rotatable bonds is 4. The van der Waals surface area contributed by atoms with E-state index in [0.717, 1.165) is 0 Å². The Morgan fingerprint density at radius 2 is 2.21 bits per heavy atom. The van der Waals surface area contributed by atoms with Gasteiger partial charge in [-0.05, 0) is 24.3 Å². The van der Waals surface area contributed by atoms with Crippen LogP contribution in [0.25, 0.3) is 0 Å². The molecule has 0 radical (unpaired) electrons. The Labute approximate surface area is 81.9 Å². The van der Waals surface area contributed by atoms with Crippen LogP contribution in [0, 0.1) is 5.92 Å². The molecule has 0 aromatic carbocycles. The number of nitrogens with zero attached hydrogens (tertiary/aromatic N) is 4. The van der Waals surface area contributed by atoms with E-state index in [1.54, 1.807) is 18.5 Å². The third-order valence-electron chi connectivity index (χ3n) is 2.38. The van der Waals surface area contributed by atoms with E-state index < -0.39 is 11.9 Å². The molecule has 6 nitrogen and oxygen atoms in total. The third-order valence-corrected chi connectivity index (χ3v) is 2.38. The largest absolute Gasteiger partial charge is 0.481 e. The lowest BCUT2D eigenvalue weighted by Crippen LogP contribution is -2.24. The van der Waals surface area contributed by atoms with E-state index in [2.05, 4.69) is 15.5 Å². The number of carboxylic acids is 1. The molecule has 0 aliphatic carbocycles. The summed E-state index contributed by atoms with van der Waals surface area (Å²) in [4.78, 5) is 10.8. The highest BCUT2D eigenvalue weighted by Gasteiger charge is 2.23. The van der Waals surface area contributed by atoms with Gasteiger partial charge in [0.2, 0.25) is 0 Å². The van der Waals surface area contributed by atoms with Gasteiger partial charge in [0.05, 0.1) is 12.0 Å². The average Bonchev–Trinajstić information content (AvgIpc) is 2.62. The first kappa shape index (κ1) is 10.6. The second-order valence-corrected chi connectivity index (χ2v) is 3.26. The predicted molar refractivity (Wildman–Crippen MR) is 48.7 cm³/mol. The fourth-order valence-corrected chi connectivity index (χ4v) is 1.18. The summed E-state index contributed by atoms with van der Waals surface area (Å²) >= 11 is 0. The van der Waals surface area contributed by atoms with E-state index in [-0.39, 0.29) is 6.04 Å². The topological polar surface area (TPSA) is 80.9 Å². The number of hydrogen-bond acceptors (Lipinski definition) is 4. The van der Waals surface area contributed by atoms with Crippen molar-refractivity contribution < 1.29 is 9.90 Å². The summed E-state index contributed by atoms with van der Waals surface area (Å²) in [5.74, 6) is -0.621. The zero-order valence-electron chi connectivity index (χ0n) is 8.51. The Morgan fingerprint density at radius 3 is 2.71 bits per heavy atom. The van der Waals surface area contributed by atoms with Crippen molar-refractivity contribution in [2.75, 3.05) is 0 Å². The third kappa shape index (κ3) is 1.89. The standard InChI is InChI=1S/C8H14N4O2/c1-4-7-9-10-11-12(7)6(3)5(2)8(13)14/h5-6H,4H2,1-3H3,(H,13,14). The van der Waals surface area contributed by atoms with E-state index in [0.29, 0.717) is 12.2 Å². The lowest BCUT2D eigenvalue weighted by Gasteiger charge is -2.16. The zero-order chi connectivity index (χ0) is 10.7. The van der Waals surface area contributed by atoms with Gasteiger partial charge in [-0.15, -0.1) is 5.10 Å². The van der Waals surface area contributed by atoms with Crippen molar-refractivity contribution in [3.8, 4) is 0 Å². The summed E-state index contributed by atoms with van der Waals surface area (Å²) < 4.78 is 1.57. The Kier molecular flexibility index (Phi) is 3.16. The molecule has 1 aromatic rings. The molecule has 14 heavy (non-hydrogen) atoms. The van der Waals surface area contributed by atoms with Gasteiger partial charge in [0.25, 0.3) is 0 Å². The van der Waals surface area contributed by atoms with Gasteiger partial charge >= 0.3 is 5.97 Å². The van der Waals surface area contributed by atoms with Crippen LogP contribution >= 0.6 is 0 Å². The van der Waals surface area contributed by atoms with Gasteiger partial charge in [-0.1, -0.05) is 6.92 Å². The number of carboxylic acid groups (broad SMARTS) is 1. The molecule has 0 spiro atoms. The smallest absolute Gasteiger partial charge is 0.308 e. The second-order valence-electron chi connectivity index (χ2n) is 3.26. The molecular formula is C8H14N4O2. The average molecular weight is 198 g/mol. The Morgan fingerprint density at radius 1 is 1.57 bits per heavy atom. The van der Waals surface area contributed by atoms with Crippen LogP contribution in [0.4, 0.5) is 0 Å². The molecule has 78 valence electrons. The molecule has 0 saturated carbocycles. The van der Waals surface area contributed by atoms with Crippen LogP contribution in [0.5, 0.6) is 0 Å². The minimum Gasteiger partial charge on any atom is -0.481 e. The summed E-state index contributed by atoms with van der Waals surface area (Å²) in [6, 6.07) is -0.225. The summed E-state index contributed by atoms with van der Waals surface area (Å²) in [7, 11) is 0. The van der Waals surface area contributed by atoms with Crippen molar-refractivity contribution in [3.63, 3.8) is 0 Å². The van der Waals surface area contributed by atoms with E-state index in [1.807, 2.05) is 6.92 Å². The zero-order valence-corrected chi connectivity index (χ0v) is 8.51. The van der Waals surface area contributed by atoms with Crippen LogP contribution in [-0.2, 0) is 11.2 Å². The maximum atomic E-state index is 10.8. The van der Waals surface area contributed by atoms with Crippen LogP contribution in [0.3, 0.4) is 0 Å². The lowest BCUT2D eigenvalue weighted by atomic mass is 10.0. The molecular weight excluding hydrogens is 184 g/mol. The van der Waals surface area contributed by atoms with Gasteiger partial charge in [0.1, 0.15) is 0 Å². The fraction of sp³-hybridized carbons (Fsp3) is 0.750. The van der Waals surface area contributed by atoms with E-state index in [4.69, 9.17) is 5.11 Å². The van der Waals surface area contributed by atoms with Gasteiger partial charge in [0.15, 0.2) is 5.82 Å². The molecule has 0 aliphatic rings. The van der Waals surface area contributed by atoms with Crippen LogP contribution in [0.2, 0.25) is 0 Å². The fourth-order valence-electron chi connectivity index (χ4n) is 1.18. The van der Waals surface area contributed by atoms with Crippen molar-refractivity contribution in [2.45, 2.75) is 33.2 Å². The van der Waals surface area contributed by atoms with Crippen molar-refractivity contribution in [2.24, 2.45) is 5.92 Å². The van der Waals surface area contributed by atoms with E-state index in [1.165, 1.54) is 0 Å². The summed E-state index contributed by atoms with van der Waals surface area (Å²) in [5, 5.41) is 19.9. The Hall–Kier alpha value is -1.46. The number of aryl methyl sites for hydroxylation is 1. The molecule has 0 saturated heterocycles. The van der Waals surface area contributed by atoms with Crippen LogP contribution in [0.15, 0.2) is 0 Å². The predicted octanol–water partition coefficient (Wildman–Crippen LogP) is 0.517. The van der Waals surface area contributed by atoms with Crippen molar-refractivity contribution >= 4 is 5.97 Å². The van der Waals surface area contributed by atoms with Gasteiger partial charge in [0, 0.05) is 6.42 Å². The van der Waals surface area contributed by atoms with Gasteiger partial charge < -0.3 is 5.11 Å².